The molecule has 0 aliphatic carbocycles. The SMILES string of the molecule is Cc1cccc2nc3nc4cc(C(=O)c5ccccc5)ccc4nc3n12. The molecule has 3 aromatic heterocycles. The van der Waals surface area contributed by atoms with Crippen LogP contribution in [0.15, 0.2) is 66.7 Å². The average molecular weight is 338 g/mol. The van der Waals surface area contributed by atoms with Crippen molar-refractivity contribution >= 4 is 33.8 Å². The first-order valence-corrected chi connectivity index (χ1v) is 8.36. The fourth-order valence-corrected chi connectivity index (χ4v) is 3.23. The van der Waals surface area contributed by atoms with Crippen LogP contribution in [0.25, 0.3) is 28.0 Å². The number of hydrogen-bond donors (Lipinski definition) is 0. The maximum absolute atomic E-state index is 12.7. The number of carbonyl (C=O) groups excluding carboxylic acids is 1. The predicted octanol–water partition coefficient (Wildman–Crippen LogP) is 3.97. The van der Waals surface area contributed by atoms with Crippen LogP contribution < -0.4 is 0 Å². The molecule has 0 atom stereocenters. The third-order valence-electron chi connectivity index (χ3n) is 4.52. The van der Waals surface area contributed by atoms with Crippen LogP contribution in [0.2, 0.25) is 0 Å². The molecule has 5 nitrogen and oxygen atoms in total. The molecular weight excluding hydrogens is 324 g/mol. The van der Waals surface area contributed by atoms with Gasteiger partial charge in [0.2, 0.25) is 0 Å². The standard InChI is InChI=1S/C21H14N4O/c1-13-6-5-9-18-24-20-21(25(13)18)23-16-11-10-15(12-17(16)22-20)19(26)14-7-3-2-4-8-14/h2-12H,1H3. The molecule has 0 fully saturated rings. The number of fused-ring (bicyclic) bond motifs is 4. The molecule has 5 heteroatoms. The van der Waals surface area contributed by atoms with E-state index in [0.29, 0.717) is 22.3 Å². The number of aryl methyl sites for hydroxylation is 1. The average Bonchev–Trinajstić information content (AvgIpc) is 3.04. The Labute approximate surface area is 149 Å². The number of imidazole rings is 1. The quantitative estimate of drug-likeness (QED) is 0.457. The highest BCUT2D eigenvalue weighted by Crippen LogP contribution is 2.21. The van der Waals surface area contributed by atoms with Gasteiger partial charge in [0.1, 0.15) is 5.65 Å². The molecule has 0 aliphatic rings. The van der Waals surface area contributed by atoms with Gasteiger partial charge in [-0.1, -0.05) is 36.4 Å². The van der Waals surface area contributed by atoms with Crippen molar-refractivity contribution in [2.24, 2.45) is 0 Å². The van der Waals surface area contributed by atoms with E-state index < -0.39 is 0 Å². The van der Waals surface area contributed by atoms with Crippen molar-refractivity contribution in [3.63, 3.8) is 0 Å². The monoisotopic (exact) mass is 338 g/mol. The highest BCUT2D eigenvalue weighted by molar-refractivity contribution is 6.10. The molecule has 0 spiro atoms. The van der Waals surface area contributed by atoms with Gasteiger partial charge in [0.25, 0.3) is 0 Å². The number of carbonyl (C=O) groups is 1. The number of benzene rings is 2. The second-order valence-electron chi connectivity index (χ2n) is 6.24. The predicted molar refractivity (Wildman–Crippen MR) is 100 cm³/mol. The van der Waals surface area contributed by atoms with Crippen LogP contribution in [-0.4, -0.2) is 25.1 Å². The number of ketones is 1. The first kappa shape index (κ1) is 14.7. The van der Waals surface area contributed by atoms with Gasteiger partial charge < -0.3 is 0 Å². The number of rotatable bonds is 2. The molecule has 3 heterocycles. The summed E-state index contributed by atoms with van der Waals surface area (Å²) in [7, 11) is 0. The number of aromatic nitrogens is 4. The van der Waals surface area contributed by atoms with Crippen molar-refractivity contribution in [3.05, 3.63) is 83.6 Å². The van der Waals surface area contributed by atoms with Crippen LogP contribution in [0.5, 0.6) is 0 Å². The summed E-state index contributed by atoms with van der Waals surface area (Å²) in [5.74, 6) is -0.0276. The van der Waals surface area contributed by atoms with Crippen LogP contribution in [0.1, 0.15) is 21.6 Å². The summed E-state index contributed by atoms with van der Waals surface area (Å²) >= 11 is 0. The first-order chi connectivity index (χ1) is 12.7. The van der Waals surface area contributed by atoms with Gasteiger partial charge in [-0.3, -0.25) is 9.20 Å². The number of hydrogen-bond acceptors (Lipinski definition) is 4. The van der Waals surface area contributed by atoms with Gasteiger partial charge >= 0.3 is 0 Å². The summed E-state index contributed by atoms with van der Waals surface area (Å²) in [6, 6.07) is 20.6. The van der Waals surface area contributed by atoms with Gasteiger partial charge in [0.05, 0.1) is 11.0 Å². The zero-order valence-corrected chi connectivity index (χ0v) is 14.0. The summed E-state index contributed by atoms with van der Waals surface area (Å²) in [5, 5.41) is 0. The highest BCUT2D eigenvalue weighted by atomic mass is 16.1. The van der Waals surface area contributed by atoms with E-state index in [1.807, 2.05) is 65.9 Å². The van der Waals surface area contributed by atoms with E-state index in [2.05, 4.69) is 9.97 Å². The molecule has 0 unspecified atom stereocenters. The molecule has 2 aromatic carbocycles. The Kier molecular flexibility index (Phi) is 3.09. The lowest BCUT2D eigenvalue weighted by Gasteiger charge is -2.04. The fourth-order valence-electron chi connectivity index (χ4n) is 3.23. The zero-order chi connectivity index (χ0) is 17.7. The third kappa shape index (κ3) is 2.18. The summed E-state index contributed by atoms with van der Waals surface area (Å²) in [6.45, 7) is 2.02. The zero-order valence-electron chi connectivity index (χ0n) is 14.0. The maximum Gasteiger partial charge on any atom is 0.198 e. The van der Waals surface area contributed by atoms with E-state index in [9.17, 15) is 4.79 Å². The number of pyridine rings is 1. The minimum Gasteiger partial charge on any atom is -0.289 e. The number of nitrogens with zero attached hydrogens (tertiary/aromatic N) is 4. The van der Waals surface area contributed by atoms with Gasteiger partial charge in [-0.15, -0.1) is 0 Å². The van der Waals surface area contributed by atoms with E-state index in [1.165, 1.54) is 0 Å². The minimum atomic E-state index is -0.0276. The van der Waals surface area contributed by atoms with Crippen molar-refractivity contribution in [1.29, 1.82) is 0 Å². The van der Waals surface area contributed by atoms with E-state index >= 15 is 0 Å². The van der Waals surface area contributed by atoms with Crippen molar-refractivity contribution in [2.75, 3.05) is 0 Å². The molecule has 0 bridgehead atoms. The van der Waals surface area contributed by atoms with Gasteiger partial charge in [0.15, 0.2) is 17.1 Å². The van der Waals surface area contributed by atoms with Crippen molar-refractivity contribution in [1.82, 2.24) is 19.4 Å². The van der Waals surface area contributed by atoms with E-state index in [-0.39, 0.29) is 5.78 Å². The summed E-state index contributed by atoms with van der Waals surface area (Å²) in [4.78, 5) is 26.6. The Bertz CT molecular complexity index is 1310. The van der Waals surface area contributed by atoms with Crippen molar-refractivity contribution in [2.45, 2.75) is 6.92 Å². The summed E-state index contributed by atoms with van der Waals surface area (Å²) < 4.78 is 1.99. The van der Waals surface area contributed by atoms with E-state index in [4.69, 9.17) is 4.98 Å². The normalized spacial score (nSPS) is 11.4. The Morgan fingerprint density at radius 2 is 1.65 bits per heavy atom. The molecule has 5 rings (SSSR count). The molecule has 0 saturated heterocycles. The van der Waals surface area contributed by atoms with Crippen LogP contribution >= 0.6 is 0 Å². The Morgan fingerprint density at radius 3 is 2.50 bits per heavy atom. The second kappa shape index (κ2) is 5.46. The second-order valence-corrected chi connectivity index (χ2v) is 6.24. The Balaban J connectivity index is 1.72. The first-order valence-electron chi connectivity index (χ1n) is 8.36. The molecule has 0 N–H and O–H groups in total. The summed E-state index contributed by atoms with van der Waals surface area (Å²) in [6.07, 6.45) is 0. The fraction of sp³-hybridized carbons (Fsp3) is 0.0476. The van der Waals surface area contributed by atoms with Crippen LogP contribution in [0.4, 0.5) is 0 Å². The van der Waals surface area contributed by atoms with Crippen LogP contribution in [-0.2, 0) is 0 Å². The van der Waals surface area contributed by atoms with Crippen molar-refractivity contribution < 1.29 is 4.79 Å². The van der Waals surface area contributed by atoms with Crippen LogP contribution in [0.3, 0.4) is 0 Å². The van der Waals surface area contributed by atoms with Gasteiger partial charge in [0, 0.05) is 16.8 Å². The molecule has 5 aromatic rings. The molecule has 0 aliphatic heterocycles. The topological polar surface area (TPSA) is 60.2 Å². The third-order valence-corrected chi connectivity index (χ3v) is 4.52. The molecular formula is C21H14N4O. The highest BCUT2D eigenvalue weighted by Gasteiger charge is 2.13. The van der Waals surface area contributed by atoms with Gasteiger partial charge in [-0.2, -0.15) is 0 Å². The van der Waals surface area contributed by atoms with E-state index in [0.717, 1.165) is 22.5 Å². The van der Waals surface area contributed by atoms with Gasteiger partial charge in [-0.05, 0) is 37.3 Å². The minimum absolute atomic E-state index is 0.0276. The molecule has 0 saturated carbocycles. The van der Waals surface area contributed by atoms with E-state index in [1.54, 1.807) is 12.1 Å². The lowest BCUT2D eigenvalue weighted by atomic mass is 10.0. The molecule has 0 radical (unpaired) electrons. The lowest BCUT2D eigenvalue weighted by molar-refractivity contribution is 0.103. The lowest BCUT2D eigenvalue weighted by Crippen LogP contribution is -2.01. The smallest absolute Gasteiger partial charge is 0.198 e. The summed E-state index contributed by atoms with van der Waals surface area (Å²) in [5.41, 5.74) is 5.84. The van der Waals surface area contributed by atoms with Gasteiger partial charge in [-0.25, -0.2) is 15.0 Å². The maximum atomic E-state index is 12.7. The molecule has 26 heavy (non-hydrogen) atoms. The molecule has 124 valence electrons. The Morgan fingerprint density at radius 1 is 0.808 bits per heavy atom. The largest absolute Gasteiger partial charge is 0.289 e. The van der Waals surface area contributed by atoms with Crippen LogP contribution in [0, 0.1) is 6.92 Å². The molecule has 0 amide bonds. The Hall–Kier alpha value is -3.60. The van der Waals surface area contributed by atoms with Crippen molar-refractivity contribution in [3.8, 4) is 0 Å².